The summed E-state index contributed by atoms with van der Waals surface area (Å²) >= 11 is 0. The number of carbonyl (C=O) groups excluding carboxylic acids is 1. The van der Waals surface area contributed by atoms with Crippen LogP contribution < -0.4 is 0 Å². The van der Waals surface area contributed by atoms with E-state index in [0.717, 1.165) is 18.4 Å². The third-order valence-electron chi connectivity index (χ3n) is 4.12. The van der Waals surface area contributed by atoms with Gasteiger partial charge in [-0.1, -0.05) is 32.9 Å². The molecule has 1 N–H and O–H groups in total. The van der Waals surface area contributed by atoms with Crippen LogP contribution in [0.1, 0.15) is 56.0 Å². The number of aliphatic hydroxyl groups excluding tert-OH is 1. The number of aliphatic hydroxyl groups is 1. The molecule has 0 spiro atoms. The highest BCUT2D eigenvalue weighted by molar-refractivity contribution is 5.94. The van der Waals surface area contributed by atoms with Crippen molar-refractivity contribution in [2.24, 2.45) is 0 Å². The van der Waals surface area contributed by atoms with Crippen molar-refractivity contribution in [1.82, 2.24) is 4.90 Å². The lowest BCUT2D eigenvalue weighted by Crippen LogP contribution is -2.45. The molecular formula is C17H25NO2. The number of hydrogen-bond acceptors (Lipinski definition) is 2. The van der Waals surface area contributed by atoms with Crippen molar-refractivity contribution in [3.8, 4) is 0 Å². The van der Waals surface area contributed by atoms with Gasteiger partial charge < -0.3 is 10.0 Å². The molecule has 2 rings (SSSR count). The molecule has 3 nitrogen and oxygen atoms in total. The Kier molecular flexibility index (Phi) is 4.48. The summed E-state index contributed by atoms with van der Waals surface area (Å²) in [6, 6.07) is 8.20. The zero-order chi connectivity index (χ0) is 14.8. The molecule has 1 aliphatic rings. The second kappa shape index (κ2) is 5.96. The first-order valence-corrected chi connectivity index (χ1v) is 7.46. The molecule has 110 valence electrons. The number of hydrogen-bond donors (Lipinski definition) is 1. The van der Waals surface area contributed by atoms with Crippen molar-refractivity contribution < 1.29 is 9.90 Å². The quantitative estimate of drug-likeness (QED) is 0.917. The van der Waals surface area contributed by atoms with Gasteiger partial charge in [-0.3, -0.25) is 4.79 Å². The number of nitrogens with zero attached hydrogens (tertiary/aromatic N) is 1. The Morgan fingerprint density at radius 1 is 1.25 bits per heavy atom. The molecule has 0 saturated heterocycles. The zero-order valence-electron chi connectivity index (χ0n) is 12.7. The Bertz CT molecular complexity index is 455. The molecule has 0 radical (unpaired) electrons. The molecule has 1 aromatic rings. The summed E-state index contributed by atoms with van der Waals surface area (Å²) in [4.78, 5) is 14.4. The van der Waals surface area contributed by atoms with Gasteiger partial charge in [0, 0.05) is 18.2 Å². The largest absolute Gasteiger partial charge is 0.395 e. The maximum Gasteiger partial charge on any atom is 0.254 e. The van der Waals surface area contributed by atoms with Crippen molar-refractivity contribution in [1.29, 1.82) is 0 Å². The van der Waals surface area contributed by atoms with Gasteiger partial charge in [-0.25, -0.2) is 0 Å². The van der Waals surface area contributed by atoms with Crippen LogP contribution in [0.5, 0.6) is 0 Å². The van der Waals surface area contributed by atoms with E-state index < -0.39 is 0 Å². The first-order chi connectivity index (χ1) is 9.43. The number of amides is 1. The first-order valence-electron chi connectivity index (χ1n) is 7.46. The molecule has 0 atom stereocenters. The Morgan fingerprint density at radius 3 is 2.25 bits per heavy atom. The molecule has 0 heterocycles. The monoisotopic (exact) mass is 275 g/mol. The lowest BCUT2D eigenvalue weighted by molar-refractivity contribution is 0.0526. The fraction of sp³-hybridized carbons (Fsp3) is 0.588. The van der Waals surface area contributed by atoms with Crippen LogP contribution in [0, 0.1) is 0 Å². The van der Waals surface area contributed by atoms with Crippen molar-refractivity contribution >= 4 is 5.91 Å². The maximum absolute atomic E-state index is 12.5. The molecule has 1 aromatic carbocycles. The summed E-state index contributed by atoms with van der Waals surface area (Å²) < 4.78 is 0. The lowest BCUT2D eigenvalue weighted by Gasteiger charge is -2.37. The van der Waals surface area contributed by atoms with E-state index in [1.807, 2.05) is 29.2 Å². The lowest BCUT2D eigenvalue weighted by atomic mass is 9.86. The Labute approximate surface area is 121 Å². The fourth-order valence-corrected chi connectivity index (χ4v) is 2.53. The van der Waals surface area contributed by atoms with Gasteiger partial charge >= 0.3 is 0 Å². The van der Waals surface area contributed by atoms with Crippen molar-refractivity contribution in [3.05, 3.63) is 35.4 Å². The van der Waals surface area contributed by atoms with Gasteiger partial charge in [0.2, 0.25) is 0 Å². The van der Waals surface area contributed by atoms with E-state index >= 15 is 0 Å². The van der Waals surface area contributed by atoms with Gasteiger partial charge in [-0.15, -0.1) is 0 Å². The number of benzene rings is 1. The average Bonchev–Trinajstić information content (AvgIpc) is 2.34. The van der Waals surface area contributed by atoms with Crippen LogP contribution >= 0.6 is 0 Å². The summed E-state index contributed by atoms with van der Waals surface area (Å²) in [6.45, 7) is 6.95. The Hall–Kier alpha value is -1.35. The molecule has 1 aliphatic carbocycles. The van der Waals surface area contributed by atoms with E-state index in [0.29, 0.717) is 12.6 Å². The first kappa shape index (κ1) is 15.0. The highest BCUT2D eigenvalue weighted by atomic mass is 16.3. The van der Waals surface area contributed by atoms with Crippen LogP contribution in [-0.4, -0.2) is 35.1 Å². The predicted molar refractivity (Wildman–Crippen MR) is 80.9 cm³/mol. The Balaban J connectivity index is 2.14. The molecule has 0 unspecified atom stereocenters. The fourth-order valence-electron chi connectivity index (χ4n) is 2.53. The standard InChI is InChI=1S/C17H25NO2/c1-17(2,3)14-9-7-13(8-10-14)16(20)18(11-12-19)15-5-4-6-15/h7-10,15,19H,4-6,11-12H2,1-3H3. The van der Waals surface area contributed by atoms with Crippen LogP contribution in [-0.2, 0) is 5.41 Å². The van der Waals surface area contributed by atoms with E-state index in [1.165, 1.54) is 12.0 Å². The highest BCUT2D eigenvalue weighted by Crippen LogP contribution is 2.27. The van der Waals surface area contributed by atoms with Crippen molar-refractivity contribution in [2.75, 3.05) is 13.2 Å². The van der Waals surface area contributed by atoms with Gasteiger partial charge in [0.25, 0.3) is 5.91 Å². The van der Waals surface area contributed by atoms with Crippen LogP contribution in [0.15, 0.2) is 24.3 Å². The van der Waals surface area contributed by atoms with Crippen molar-refractivity contribution in [3.63, 3.8) is 0 Å². The van der Waals surface area contributed by atoms with Crippen LogP contribution in [0.2, 0.25) is 0 Å². The second-order valence-corrected chi connectivity index (χ2v) is 6.63. The normalized spacial score (nSPS) is 15.8. The van der Waals surface area contributed by atoms with Crippen LogP contribution in [0.3, 0.4) is 0 Å². The third kappa shape index (κ3) is 3.21. The molecule has 0 aromatic heterocycles. The predicted octanol–water partition coefficient (Wildman–Crippen LogP) is 2.97. The van der Waals surface area contributed by atoms with E-state index in [1.54, 1.807) is 0 Å². The van der Waals surface area contributed by atoms with Crippen LogP contribution in [0.4, 0.5) is 0 Å². The Morgan fingerprint density at radius 2 is 1.85 bits per heavy atom. The minimum atomic E-state index is 0.0301. The summed E-state index contributed by atoms with van der Waals surface area (Å²) in [7, 11) is 0. The molecule has 3 heteroatoms. The average molecular weight is 275 g/mol. The minimum Gasteiger partial charge on any atom is -0.395 e. The summed E-state index contributed by atoms with van der Waals surface area (Å²) in [5.74, 6) is 0.0456. The number of rotatable bonds is 4. The van der Waals surface area contributed by atoms with Gasteiger partial charge in [-0.05, 0) is 42.4 Å². The van der Waals surface area contributed by atoms with E-state index in [-0.39, 0.29) is 17.9 Å². The van der Waals surface area contributed by atoms with Gasteiger partial charge in [-0.2, -0.15) is 0 Å². The maximum atomic E-state index is 12.5. The SMILES string of the molecule is CC(C)(C)c1ccc(C(=O)N(CCO)C2CCC2)cc1. The summed E-state index contributed by atoms with van der Waals surface area (Å²) in [5, 5.41) is 9.16. The molecule has 0 aliphatic heterocycles. The molecule has 0 bridgehead atoms. The smallest absolute Gasteiger partial charge is 0.254 e. The van der Waals surface area contributed by atoms with Gasteiger partial charge in [0.15, 0.2) is 0 Å². The van der Waals surface area contributed by atoms with Gasteiger partial charge in [0.05, 0.1) is 6.61 Å². The third-order valence-corrected chi connectivity index (χ3v) is 4.12. The molecule has 1 fully saturated rings. The van der Waals surface area contributed by atoms with E-state index in [2.05, 4.69) is 20.8 Å². The minimum absolute atomic E-state index is 0.0301. The second-order valence-electron chi connectivity index (χ2n) is 6.63. The number of carbonyl (C=O) groups is 1. The molecule has 1 saturated carbocycles. The van der Waals surface area contributed by atoms with Crippen LogP contribution in [0.25, 0.3) is 0 Å². The molecule has 1 amide bonds. The summed E-state index contributed by atoms with van der Waals surface area (Å²) in [5.41, 5.74) is 2.05. The topological polar surface area (TPSA) is 40.5 Å². The zero-order valence-corrected chi connectivity index (χ0v) is 12.7. The van der Waals surface area contributed by atoms with E-state index in [4.69, 9.17) is 5.11 Å². The van der Waals surface area contributed by atoms with E-state index in [9.17, 15) is 4.79 Å². The summed E-state index contributed by atoms with van der Waals surface area (Å²) in [6.07, 6.45) is 3.31. The molecular weight excluding hydrogens is 250 g/mol. The van der Waals surface area contributed by atoms with Crippen molar-refractivity contribution in [2.45, 2.75) is 51.5 Å². The van der Waals surface area contributed by atoms with Gasteiger partial charge in [0.1, 0.15) is 0 Å². The molecule has 20 heavy (non-hydrogen) atoms. The highest BCUT2D eigenvalue weighted by Gasteiger charge is 2.29.